The number of aliphatic carboxylic acids is 1. The van der Waals surface area contributed by atoms with Crippen LogP contribution in [0.1, 0.15) is 24.8 Å². The lowest BCUT2D eigenvalue weighted by Gasteiger charge is -2.39. The Kier molecular flexibility index (Phi) is 4.23. The molecule has 0 unspecified atom stereocenters. The summed E-state index contributed by atoms with van der Waals surface area (Å²) in [6.07, 6.45) is 2.80. The molecule has 4 nitrogen and oxygen atoms in total. The molecule has 4 heteroatoms. The molecule has 0 aromatic heterocycles. The first-order chi connectivity index (χ1) is 9.60. The summed E-state index contributed by atoms with van der Waals surface area (Å²) in [5.74, 6) is -0.786. The average molecular weight is 273 g/mol. The maximum absolute atomic E-state index is 11.8. The first kappa shape index (κ1) is 14.3. The van der Waals surface area contributed by atoms with Crippen LogP contribution in [0.15, 0.2) is 43.0 Å². The molecule has 0 saturated carbocycles. The van der Waals surface area contributed by atoms with E-state index in [9.17, 15) is 14.7 Å². The van der Waals surface area contributed by atoms with E-state index in [2.05, 4.69) is 6.58 Å². The summed E-state index contributed by atoms with van der Waals surface area (Å²) in [4.78, 5) is 25.3. The van der Waals surface area contributed by atoms with Gasteiger partial charge in [-0.25, -0.2) is 0 Å². The van der Waals surface area contributed by atoms with Crippen molar-refractivity contribution in [3.8, 4) is 0 Å². The first-order valence-electron chi connectivity index (χ1n) is 6.78. The van der Waals surface area contributed by atoms with Gasteiger partial charge < -0.3 is 10.0 Å². The molecule has 1 aliphatic rings. The van der Waals surface area contributed by atoms with Gasteiger partial charge in [0.05, 0.1) is 5.41 Å². The summed E-state index contributed by atoms with van der Waals surface area (Å²) < 4.78 is 0. The lowest BCUT2D eigenvalue weighted by atomic mass is 9.73. The van der Waals surface area contributed by atoms with E-state index in [1.54, 1.807) is 11.0 Å². The van der Waals surface area contributed by atoms with Gasteiger partial charge in [-0.3, -0.25) is 9.59 Å². The van der Waals surface area contributed by atoms with E-state index in [1.807, 2.05) is 30.3 Å². The van der Waals surface area contributed by atoms with Crippen molar-refractivity contribution in [2.75, 3.05) is 13.1 Å². The number of piperidine rings is 1. The Labute approximate surface area is 118 Å². The minimum atomic E-state index is -0.869. The van der Waals surface area contributed by atoms with Crippen LogP contribution in [0.25, 0.3) is 0 Å². The molecule has 1 N–H and O–H groups in total. The van der Waals surface area contributed by atoms with Gasteiger partial charge in [0.15, 0.2) is 0 Å². The summed E-state index contributed by atoms with van der Waals surface area (Å²) in [7, 11) is 0. The van der Waals surface area contributed by atoms with Crippen LogP contribution in [0.4, 0.5) is 0 Å². The Balaban J connectivity index is 2.17. The molecule has 0 bridgehead atoms. The predicted octanol–water partition coefficient (Wildman–Crippen LogP) is 2.21. The number of nitrogens with zero attached hydrogens (tertiary/aromatic N) is 1. The third kappa shape index (κ3) is 2.59. The summed E-state index contributed by atoms with van der Waals surface area (Å²) in [5.41, 5.74) is -0.0463. The van der Waals surface area contributed by atoms with Gasteiger partial charge in [0.2, 0.25) is 5.91 Å². The van der Waals surface area contributed by atoms with Crippen LogP contribution in [0.3, 0.4) is 0 Å². The van der Waals surface area contributed by atoms with Crippen LogP contribution in [0, 0.1) is 0 Å². The number of hydrogen-bond donors (Lipinski definition) is 1. The molecule has 0 aliphatic carbocycles. The molecule has 2 rings (SSSR count). The van der Waals surface area contributed by atoms with Crippen molar-refractivity contribution >= 4 is 11.9 Å². The number of carbonyl (C=O) groups excluding carboxylic acids is 1. The van der Waals surface area contributed by atoms with Gasteiger partial charge >= 0.3 is 5.97 Å². The van der Waals surface area contributed by atoms with Crippen molar-refractivity contribution in [1.29, 1.82) is 0 Å². The summed E-state index contributed by atoms with van der Waals surface area (Å²) in [6.45, 7) is 4.52. The van der Waals surface area contributed by atoms with Crippen LogP contribution in [0.2, 0.25) is 0 Å². The van der Waals surface area contributed by atoms with Crippen molar-refractivity contribution in [2.45, 2.75) is 24.7 Å². The molecule has 0 spiro atoms. The Morgan fingerprint density at radius 2 is 1.85 bits per heavy atom. The van der Waals surface area contributed by atoms with Crippen molar-refractivity contribution < 1.29 is 14.7 Å². The number of rotatable bonds is 4. The Morgan fingerprint density at radius 1 is 1.25 bits per heavy atom. The molecule has 1 amide bonds. The molecular weight excluding hydrogens is 254 g/mol. The number of carboxylic acids is 1. The van der Waals surface area contributed by atoms with Gasteiger partial charge in [0.25, 0.3) is 0 Å². The molecule has 20 heavy (non-hydrogen) atoms. The quantitative estimate of drug-likeness (QED) is 0.856. The molecule has 0 radical (unpaired) electrons. The van der Waals surface area contributed by atoms with Gasteiger partial charge in [-0.2, -0.15) is 0 Å². The largest absolute Gasteiger partial charge is 0.481 e. The minimum absolute atomic E-state index is 0.0204. The molecule has 1 fully saturated rings. The van der Waals surface area contributed by atoms with E-state index in [4.69, 9.17) is 0 Å². The summed E-state index contributed by atoms with van der Waals surface area (Å²) in [6, 6.07) is 9.30. The number of amides is 1. The van der Waals surface area contributed by atoms with Crippen LogP contribution in [-0.4, -0.2) is 35.0 Å². The number of likely N-dealkylation sites (tertiary alicyclic amines) is 1. The van der Waals surface area contributed by atoms with Gasteiger partial charge in [0, 0.05) is 19.5 Å². The molecule has 1 aromatic carbocycles. The van der Waals surface area contributed by atoms with E-state index in [-0.39, 0.29) is 5.91 Å². The van der Waals surface area contributed by atoms with E-state index >= 15 is 0 Å². The van der Waals surface area contributed by atoms with Crippen molar-refractivity contribution in [3.05, 3.63) is 48.6 Å². The van der Waals surface area contributed by atoms with Crippen molar-refractivity contribution in [2.24, 2.45) is 0 Å². The normalized spacial score (nSPS) is 17.5. The highest BCUT2D eigenvalue weighted by molar-refractivity contribution is 5.83. The zero-order chi connectivity index (χ0) is 14.6. The molecule has 0 atom stereocenters. The zero-order valence-corrected chi connectivity index (χ0v) is 11.4. The molecule has 1 aliphatic heterocycles. The van der Waals surface area contributed by atoms with Crippen molar-refractivity contribution in [3.63, 3.8) is 0 Å². The number of carbonyl (C=O) groups is 2. The summed E-state index contributed by atoms with van der Waals surface area (Å²) in [5, 5.41) is 9.65. The molecular formula is C16H19NO3. The van der Waals surface area contributed by atoms with Crippen LogP contribution >= 0.6 is 0 Å². The third-order valence-electron chi connectivity index (χ3n) is 4.02. The maximum atomic E-state index is 11.8. The van der Waals surface area contributed by atoms with Crippen molar-refractivity contribution in [1.82, 2.24) is 4.90 Å². The van der Waals surface area contributed by atoms with E-state index in [1.165, 1.54) is 0 Å². The molecule has 1 heterocycles. The fraction of sp³-hybridized carbons (Fsp3) is 0.375. The number of carboxylic acid groups (broad SMARTS) is 1. The SMILES string of the molecule is C=CCC(=O)N1CCC(C(=O)O)(c2ccccc2)CC1. The Bertz CT molecular complexity index is 502. The monoisotopic (exact) mass is 273 g/mol. The fourth-order valence-corrected chi connectivity index (χ4v) is 2.77. The number of hydrogen-bond acceptors (Lipinski definition) is 2. The third-order valence-corrected chi connectivity index (χ3v) is 4.02. The number of benzene rings is 1. The highest BCUT2D eigenvalue weighted by Crippen LogP contribution is 2.36. The maximum Gasteiger partial charge on any atom is 0.314 e. The van der Waals surface area contributed by atoms with Gasteiger partial charge in [0.1, 0.15) is 0 Å². The van der Waals surface area contributed by atoms with E-state index in [0.29, 0.717) is 32.4 Å². The lowest BCUT2D eigenvalue weighted by Crippen LogP contribution is -2.49. The Morgan fingerprint density at radius 3 is 2.35 bits per heavy atom. The van der Waals surface area contributed by atoms with E-state index < -0.39 is 11.4 Å². The van der Waals surface area contributed by atoms with E-state index in [0.717, 1.165) is 5.56 Å². The predicted molar refractivity (Wildman–Crippen MR) is 76.4 cm³/mol. The van der Waals surface area contributed by atoms with Crippen LogP contribution in [-0.2, 0) is 15.0 Å². The highest BCUT2D eigenvalue weighted by atomic mass is 16.4. The second kappa shape index (κ2) is 5.90. The van der Waals surface area contributed by atoms with Gasteiger partial charge in [-0.1, -0.05) is 36.4 Å². The Hall–Kier alpha value is -2.10. The van der Waals surface area contributed by atoms with Crippen LogP contribution < -0.4 is 0 Å². The van der Waals surface area contributed by atoms with Gasteiger partial charge in [-0.05, 0) is 18.4 Å². The molecule has 1 saturated heterocycles. The standard InChI is InChI=1S/C16H19NO3/c1-2-6-14(18)17-11-9-16(10-12-17,15(19)20)13-7-4-3-5-8-13/h2-5,7-8H,1,6,9-12H2,(H,19,20). The van der Waals surface area contributed by atoms with Gasteiger partial charge in [-0.15, -0.1) is 6.58 Å². The topological polar surface area (TPSA) is 57.6 Å². The minimum Gasteiger partial charge on any atom is -0.481 e. The average Bonchev–Trinajstić information content (AvgIpc) is 2.48. The summed E-state index contributed by atoms with van der Waals surface area (Å²) >= 11 is 0. The fourth-order valence-electron chi connectivity index (χ4n) is 2.77. The zero-order valence-electron chi connectivity index (χ0n) is 11.4. The second-order valence-electron chi connectivity index (χ2n) is 5.13. The molecule has 1 aromatic rings. The first-order valence-corrected chi connectivity index (χ1v) is 6.78. The lowest BCUT2D eigenvalue weighted by molar-refractivity contribution is -0.148. The smallest absolute Gasteiger partial charge is 0.314 e. The van der Waals surface area contributed by atoms with Crippen LogP contribution in [0.5, 0.6) is 0 Å². The second-order valence-corrected chi connectivity index (χ2v) is 5.13. The highest BCUT2D eigenvalue weighted by Gasteiger charge is 2.43. The molecule has 106 valence electrons.